The zero-order chi connectivity index (χ0) is 16.2. The van der Waals surface area contributed by atoms with Gasteiger partial charge in [0.2, 0.25) is 5.91 Å². The van der Waals surface area contributed by atoms with E-state index in [9.17, 15) is 4.79 Å². The third kappa shape index (κ3) is 4.27. The number of fused-ring (bicyclic) bond motifs is 1. The summed E-state index contributed by atoms with van der Waals surface area (Å²) in [5, 5.41) is 4.29. The summed E-state index contributed by atoms with van der Waals surface area (Å²) in [5.41, 5.74) is 4.02. The summed E-state index contributed by atoms with van der Waals surface area (Å²) in [7, 11) is 0. The van der Waals surface area contributed by atoms with Crippen LogP contribution in [0.2, 0.25) is 5.02 Å². The third-order valence-electron chi connectivity index (χ3n) is 3.37. The Balaban J connectivity index is 1.52. The summed E-state index contributed by atoms with van der Waals surface area (Å²) in [6, 6.07) is 13.6. The SMILES string of the molecule is Cc1ccc(CNC(=O)CSc2nc3ccc(Cl)cc3[nH]2)cc1. The van der Waals surface area contributed by atoms with Crippen LogP contribution in [0.25, 0.3) is 11.0 Å². The molecule has 1 amide bonds. The Kier molecular flexibility index (Phi) is 4.88. The van der Waals surface area contributed by atoms with Gasteiger partial charge in [0.25, 0.3) is 0 Å². The van der Waals surface area contributed by atoms with Gasteiger partial charge in [-0.3, -0.25) is 4.79 Å². The molecular weight excluding hydrogens is 330 g/mol. The molecule has 2 aromatic carbocycles. The molecule has 1 heterocycles. The summed E-state index contributed by atoms with van der Waals surface area (Å²) in [5.74, 6) is 0.299. The van der Waals surface area contributed by atoms with Crippen molar-refractivity contribution in [1.82, 2.24) is 15.3 Å². The maximum atomic E-state index is 11.9. The van der Waals surface area contributed by atoms with Crippen LogP contribution in [0.5, 0.6) is 0 Å². The molecule has 0 aliphatic rings. The van der Waals surface area contributed by atoms with Gasteiger partial charge in [-0.25, -0.2) is 4.98 Å². The number of aryl methyl sites for hydroxylation is 1. The molecule has 0 saturated carbocycles. The number of halogens is 1. The number of carbonyl (C=O) groups excluding carboxylic acids is 1. The molecule has 1 aromatic heterocycles. The molecule has 0 radical (unpaired) electrons. The van der Waals surface area contributed by atoms with E-state index in [2.05, 4.69) is 15.3 Å². The van der Waals surface area contributed by atoms with E-state index in [1.807, 2.05) is 43.3 Å². The number of H-pyrrole nitrogens is 1. The van der Waals surface area contributed by atoms with Gasteiger partial charge in [-0.05, 0) is 30.7 Å². The number of aromatic nitrogens is 2. The fourth-order valence-corrected chi connectivity index (χ4v) is 3.01. The minimum Gasteiger partial charge on any atom is -0.351 e. The highest BCUT2D eigenvalue weighted by molar-refractivity contribution is 7.99. The lowest BCUT2D eigenvalue weighted by molar-refractivity contribution is -0.118. The number of imidazole rings is 1. The summed E-state index contributed by atoms with van der Waals surface area (Å²) in [6.45, 7) is 2.58. The van der Waals surface area contributed by atoms with E-state index in [4.69, 9.17) is 11.6 Å². The smallest absolute Gasteiger partial charge is 0.230 e. The lowest BCUT2D eigenvalue weighted by Crippen LogP contribution is -2.24. The number of amides is 1. The van der Waals surface area contributed by atoms with Crippen LogP contribution in [-0.2, 0) is 11.3 Å². The van der Waals surface area contributed by atoms with E-state index in [1.54, 1.807) is 6.07 Å². The largest absolute Gasteiger partial charge is 0.351 e. The van der Waals surface area contributed by atoms with Crippen LogP contribution in [0, 0.1) is 6.92 Å². The van der Waals surface area contributed by atoms with Gasteiger partial charge in [0, 0.05) is 11.6 Å². The van der Waals surface area contributed by atoms with Crippen LogP contribution in [0.1, 0.15) is 11.1 Å². The van der Waals surface area contributed by atoms with Gasteiger partial charge in [0.05, 0.1) is 16.8 Å². The van der Waals surface area contributed by atoms with Gasteiger partial charge in [-0.15, -0.1) is 0 Å². The maximum Gasteiger partial charge on any atom is 0.230 e. The molecule has 4 nitrogen and oxygen atoms in total. The average molecular weight is 346 g/mol. The van der Waals surface area contributed by atoms with Crippen LogP contribution in [0.3, 0.4) is 0 Å². The molecule has 0 atom stereocenters. The molecule has 0 saturated heterocycles. The minimum absolute atomic E-state index is 0.0194. The summed E-state index contributed by atoms with van der Waals surface area (Å²) in [6.07, 6.45) is 0. The standard InChI is InChI=1S/C17H16ClN3OS/c1-11-2-4-12(5-3-11)9-19-16(22)10-23-17-20-14-7-6-13(18)8-15(14)21-17/h2-8H,9-10H2,1H3,(H,19,22)(H,20,21). The number of carbonyl (C=O) groups is 1. The van der Waals surface area contributed by atoms with Gasteiger partial charge in [0.1, 0.15) is 0 Å². The molecule has 0 spiro atoms. The molecule has 23 heavy (non-hydrogen) atoms. The molecule has 0 bridgehead atoms. The lowest BCUT2D eigenvalue weighted by Gasteiger charge is -2.04. The number of nitrogens with zero attached hydrogens (tertiary/aromatic N) is 1. The Morgan fingerprint density at radius 2 is 2.04 bits per heavy atom. The first-order valence-corrected chi connectivity index (χ1v) is 8.57. The van der Waals surface area contributed by atoms with Crippen molar-refractivity contribution in [3.05, 3.63) is 58.6 Å². The highest BCUT2D eigenvalue weighted by atomic mass is 35.5. The van der Waals surface area contributed by atoms with Gasteiger partial charge in [0.15, 0.2) is 5.16 Å². The Morgan fingerprint density at radius 1 is 1.26 bits per heavy atom. The third-order valence-corrected chi connectivity index (χ3v) is 4.48. The van der Waals surface area contributed by atoms with Crippen molar-refractivity contribution < 1.29 is 4.79 Å². The molecule has 3 aromatic rings. The molecular formula is C17H16ClN3OS. The van der Waals surface area contributed by atoms with Crippen molar-refractivity contribution in [3.63, 3.8) is 0 Å². The summed E-state index contributed by atoms with van der Waals surface area (Å²) >= 11 is 7.32. The molecule has 2 N–H and O–H groups in total. The zero-order valence-corrected chi connectivity index (χ0v) is 14.2. The van der Waals surface area contributed by atoms with E-state index in [0.29, 0.717) is 22.5 Å². The fraction of sp³-hybridized carbons (Fsp3) is 0.176. The lowest BCUT2D eigenvalue weighted by atomic mass is 10.1. The van der Waals surface area contributed by atoms with Crippen LogP contribution in [-0.4, -0.2) is 21.6 Å². The topological polar surface area (TPSA) is 57.8 Å². The van der Waals surface area contributed by atoms with E-state index in [-0.39, 0.29) is 5.91 Å². The monoisotopic (exact) mass is 345 g/mol. The summed E-state index contributed by atoms with van der Waals surface area (Å²) in [4.78, 5) is 19.5. The van der Waals surface area contributed by atoms with Crippen molar-refractivity contribution in [2.75, 3.05) is 5.75 Å². The second-order valence-electron chi connectivity index (χ2n) is 5.25. The van der Waals surface area contributed by atoms with E-state index < -0.39 is 0 Å². The average Bonchev–Trinajstić information content (AvgIpc) is 2.94. The van der Waals surface area contributed by atoms with Crippen molar-refractivity contribution in [1.29, 1.82) is 0 Å². The molecule has 0 unspecified atom stereocenters. The number of hydrogen-bond donors (Lipinski definition) is 2. The molecule has 0 aliphatic heterocycles. The van der Waals surface area contributed by atoms with Crippen molar-refractivity contribution in [2.45, 2.75) is 18.6 Å². The van der Waals surface area contributed by atoms with Crippen LogP contribution in [0.4, 0.5) is 0 Å². The van der Waals surface area contributed by atoms with E-state index in [0.717, 1.165) is 16.6 Å². The Labute approximate surface area is 143 Å². The van der Waals surface area contributed by atoms with Crippen LogP contribution >= 0.6 is 23.4 Å². The highest BCUT2D eigenvalue weighted by Gasteiger charge is 2.07. The number of aromatic amines is 1. The summed E-state index contributed by atoms with van der Waals surface area (Å²) < 4.78 is 0. The van der Waals surface area contributed by atoms with Crippen molar-refractivity contribution >= 4 is 40.3 Å². The maximum absolute atomic E-state index is 11.9. The molecule has 118 valence electrons. The van der Waals surface area contributed by atoms with Gasteiger partial charge in [-0.2, -0.15) is 0 Å². The second kappa shape index (κ2) is 7.06. The Bertz CT molecular complexity index is 829. The first-order valence-electron chi connectivity index (χ1n) is 7.20. The van der Waals surface area contributed by atoms with E-state index in [1.165, 1.54) is 17.3 Å². The quantitative estimate of drug-likeness (QED) is 0.689. The fourth-order valence-electron chi connectivity index (χ4n) is 2.12. The normalized spacial score (nSPS) is 10.9. The first-order chi connectivity index (χ1) is 11.1. The molecule has 6 heteroatoms. The van der Waals surface area contributed by atoms with Crippen LogP contribution < -0.4 is 5.32 Å². The number of benzene rings is 2. The Morgan fingerprint density at radius 3 is 2.83 bits per heavy atom. The number of thioether (sulfide) groups is 1. The Hall–Kier alpha value is -1.98. The van der Waals surface area contributed by atoms with Crippen molar-refractivity contribution in [2.24, 2.45) is 0 Å². The minimum atomic E-state index is -0.0194. The van der Waals surface area contributed by atoms with Gasteiger partial charge in [-0.1, -0.05) is 53.2 Å². The van der Waals surface area contributed by atoms with Gasteiger partial charge >= 0.3 is 0 Å². The number of nitrogens with one attached hydrogen (secondary N) is 2. The predicted octanol–water partition coefficient (Wildman–Crippen LogP) is 3.93. The second-order valence-corrected chi connectivity index (χ2v) is 6.65. The zero-order valence-electron chi connectivity index (χ0n) is 12.6. The molecule has 0 fully saturated rings. The molecule has 3 rings (SSSR count). The highest BCUT2D eigenvalue weighted by Crippen LogP contribution is 2.22. The van der Waals surface area contributed by atoms with Gasteiger partial charge < -0.3 is 10.3 Å². The first kappa shape index (κ1) is 15.9. The molecule has 0 aliphatic carbocycles. The predicted molar refractivity (Wildman–Crippen MR) is 94.9 cm³/mol. The van der Waals surface area contributed by atoms with E-state index >= 15 is 0 Å². The van der Waals surface area contributed by atoms with Crippen molar-refractivity contribution in [3.8, 4) is 0 Å². The number of hydrogen-bond acceptors (Lipinski definition) is 3. The van der Waals surface area contributed by atoms with Crippen LogP contribution in [0.15, 0.2) is 47.6 Å². The number of rotatable bonds is 5.